The zero-order chi connectivity index (χ0) is 18.3. The van der Waals surface area contributed by atoms with Crippen LogP contribution in [0.1, 0.15) is 42.7 Å². The third-order valence-electron chi connectivity index (χ3n) is 5.25. The van der Waals surface area contributed by atoms with Crippen LogP contribution in [-0.4, -0.2) is 11.7 Å². The Morgan fingerprint density at radius 1 is 1.00 bits per heavy atom. The van der Waals surface area contributed by atoms with Gasteiger partial charge in [0.15, 0.2) is 5.78 Å². The summed E-state index contributed by atoms with van der Waals surface area (Å²) >= 11 is 3.60. The van der Waals surface area contributed by atoms with E-state index in [4.69, 9.17) is 0 Å². The number of ketones is 1. The van der Waals surface area contributed by atoms with E-state index in [0.29, 0.717) is 12.8 Å². The molecule has 2 aromatic carbocycles. The van der Waals surface area contributed by atoms with Gasteiger partial charge in [-0.1, -0.05) is 51.8 Å². The molecule has 0 bridgehead atoms. The van der Waals surface area contributed by atoms with E-state index >= 15 is 0 Å². The Kier molecular flexibility index (Phi) is 4.53. The van der Waals surface area contributed by atoms with Gasteiger partial charge in [0.05, 0.1) is 0 Å². The first-order chi connectivity index (χ1) is 12.6. The van der Waals surface area contributed by atoms with Gasteiger partial charge in [-0.2, -0.15) is 0 Å². The SMILES string of the molecule is Cc1ccc(N2C(=O)CC(c3ccccc3Br)C3=C2CCCC3=O)cc1. The van der Waals surface area contributed by atoms with Crippen LogP contribution >= 0.6 is 15.9 Å². The maximum absolute atomic E-state index is 13.1. The van der Waals surface area contributed by atoms with E-state index in [0.717, 1.165) is 45.4 Å². The van der Waals surface area contributed by atoms with Crippen molar-refractivity contribution in [3.63, 3.8) is 0 Å². The molecule has 0 saturated heterocycles. The Hall–Kier alpha value is -2.20. The number of amides is 1. The van der Waals surface area contributed by atoms with Crippen LogP contribution in [0.25, 0.3) is 0 Å². The molecule has 1 aliphatic heterocycles. The lowest BCUT2D eigenvalue weighted by Gasteiger charge is -2.38. The van der Waals surface area contributed by atoms with Crippen molar-refractivity contribution in [1.82, 2.24) is 0 Å². The Morgan fingerprint density at radius 2 is 1.73 bits per heavy atom. The van der Waals surface area contributed by atoms with Crippen LogP contribution in [0.5, 0.6) is 0 Å². The number of benzene rings is 2. The van der Waals surface area contributed by atoms with E-state index in [9.17, 15) is 9.59 Å². The largest absolute Gasteiger partial charge is 0.294 e. The normalized spacial score (nSPS) is 20.4. The average Bonchev–Trinajstić information content (AvgIpc) is 2.63. The molecule has 1 amide bonds. The molecular weight excluding hydrogens is 390 g/mol. The van der Waals surface area contributed by atoms with Gasteiger partial charge in [-0.15, -0.1) is 0 Å². The minimum atomic E-state index is -0.164. The molecule has 4 rings (SSSR count). The van der Waals surface area contributed by atoms with Crippen LogP contribution in [0.2, 0.25) is 0 Å². The number of carbonyl (C=O) groups is 2. The molecule has 4 heteroatoms. The van der Waals surface area contributed by atoms with Crippen molar-refractivity contribution in [3.8, 4) is 0 Å². The van der Waals surface area contributed by atoms with Gasteiger partial charge in [-0.3, -0.25) is 14.5 Å². The van der Waals surface area contributed by atoms with Gasteiger partial charge in [0.1, 0.15) is 0 Å². The molecule has 1 aliphatic carbocycles. The van der Waals surface area contributed by atoms with Gasteiger partial charge in [-0.05, 0) is 43.5 Å². The summed E-state index contributed by atoms with van der Waals surface area (Å²) in [6, 6.07) is 15.8. The number of nitrogens with zero attached hydrogens (tertiary/aromatic N) is 1. The highest BCUT2D eigenvalue weighted by Gasteiger charge is 2.40. The molecule has 1 atom stereocenters. The topological polar surface area (TPSA) is 37.4 Å². The maximum Gasteiger partial charge on any atom is 0.232 e. The number of hydrogen-bond acceptors (Lipinski definition) is 2. The van der Waals surface area contributed by atoms with Crippen LogP contribution in [0.3, 0.4) is 0 Å². The first-order valence-corrected chi connectivity index (χ1v) is 9.76. The predicted octanol–water partition coefficient (Wildman–Crippen LogP) is 5.29. The molecule has 0 saturated carbocycles. The fourth-order valence-electron chi connectivity index (χ4n) is 4.01. The summed E-state index contributed by atoms with van der Waals surface area (Å²) in [6.45, 7) is 2.03. The standard InChI is InChI=1S/C22H20BrNO2/c1-14-9-11-15(12-10-14)24-19-7-4-8-20(25)22(19)17(13-21(24)26)16-5-2-3-6-18(16)23/h2-3,5-6,9-12,17H,4,7-8,13H2,1H3. The second kappa shape index (κ2) is 6.84. The Morgan fingerprint density at radius 3 is 2.46 bits per heavy atom. The highest BCUT2D eigenvalue weighted by Crippen LogP contribution is 2.44. The smallest absolute Gasteiger partial charge is 0.232 e. The molecule has 0 fully saturated rings. The zero-order valence-electron chi connectivity index (χ0n) is 14.7. The first-order valence-electron chi connectivity index (χ1n) is 8.96. The third kappa shape index (κ3) is 2.92. The minimum absolute atomic E-state index is 0.0584. The van der Waals surface area contributed by atoms with Crippen LogP contribution in [0.4, 0.5) is 5.69 Å². The average molecular weight is 410 g/mol. The number of hydrogen-bond donors (Lipinski definition) is 0. The van der Waals surface area contributed by atoms with Crippen molar-refractivity contribution >= 4 is 33.3 Å². The molecule has 0 N–H and O–H groups in total. The Balaban J connectivity index is 1.87. The van der Waals surface area contributed by atoms with Gasteiger partial charge >= 0.3 is 0 Å². The Labute approximate surface area is 161 Å². The van der Waals surface area contributed by atoms with E-state index in [1.165, 1.54) is 0 Å². The van der Waals surface area contributed by atoms with E-state index in [2.05, 4.69) is 15.9 Å². The number of rotatable bonds is 2. The number of carbonyl (C=O) groups excluding carboxylic acids is 2. The first kappa shape index (κ1) is 17.2. The van der Waals surface area contributed by atoms with Gasteiger partial charge < -0.3 is 0 Å². The molecule has 0 spiro atoms. The van der Waals surface area contributed by atoms with Crippen LogP contribution in [0, 0.1) is 6.92 Å². The molecule has 0 radical (unpaired) electrons. The second-order valence-corrected chi connectivity index (χ2v) is 7.83. The van der Waals surface area contributed by atoms with Gasteiger partial charge in [-0.25, -0.2) is 0 Å². The van der Waals surface area contributed by atoms with Crippen LogP contribution < -0.4 is 4.90 Å². The summed E-state index contributed by atoms with van der Waals surface area (Å²) < 4.78 is 0.951. The molecule has 3 nitrogen and oxygen atoms in total. The molecule has 1 heterocycles. The van der Waals surface area contributed by atoms with Gasteiger partial charge in [0.25, 0.3) is 0 Å². The fourth-order valence-corrected chi connectivity index (χ4v) is 4.57. The quantitative estimate of drug-likeness (QED) is 0.675. The summed E-state index contributed by atoms with van der Waals surface area (Å²) in [5.41, 5.74) is 4.74. The van der Waals surface area contributed by atoms with Crippen molar-refractivity contribution in [2.75, 3.05) is 4.90 Å². The monoisotopic (exact) mass is 409 g/mol. The van der Waals surface area contributed by atoms with E-state index in [1.807, 2.05) is 55.5 Å². The molecule has 2 aromatic rings. The third-order valence-corrected chi connectivity index (χ3v) is 5.97. The number of anilines is 1. The Bertz CT molecular complexity index is 914. The summed E-state index contributed by atoms with van der Waals surface area (Å²) in [6.07, 6.45) is 2.45. The summed E-state index contributed by atoms with van der Waals surface area (Å²) in [5, 5.41) is 0. The summed E-state index contributed by atoms with van der Waals surface area (Å²) in [5.74, 6) is 0.0715. The second-order valence-electron chi connectivity index (χ2n) is 6.98. The lowest BCUT2D eigenvalue weighted by Crippen LogP contribution is -2.40. The fraction of sp³-hybridized carbons (Fsp3) is 0.273. The minimum Gasteiger partial charge on any atom is -0.294 e. The number of allylic oxidation sites excluding steroid dienone is 2. The number of aryl methyl sites for hydroxylation is 1. The van der Waals surface area contributed by atoms with Crippen molar-refractivity contribution in [2.24, 2.45) is 0 Å². The maximum atomic E-state index is 13.1. The molecular formula is C22H20BrNO2. The molecule has 132 valence electrons. The van der Waals surface area contributed by atoms with E-state index in [-0.39, 0.29) is 17.6 Å². The predicted molar refractivity (Wildman–Crippen MR) is 106 cm³/mol. The van der Waals surface area contributed by atoms with Gasteiger partial charge in [0, 0.05) is 40.2 Å². The van der Waals surface area contributed by atoms with Crippen molar-refractivity contribution in [1.29, 1.82) is 0 Å². The van der Waals surface area contributed by atoms with E-state index in [1.54, 1.807) is 4.90 Å². The van der Waals surface area contributed by atoms with E-state index < -0.39 is 0 Å². The summed E-state index contributed by atoms with van der Waals surface area (Å²) in [7, 11) is 0. The van der Waals surface area contributed by atoms with Crippen LogP contribution in [0.15, 0.2) is 64.3 Å². The molecule has 26 heavy (non-hydrogen) atoms. The highest BCUT2D eigenvalue weighted by molar-refractivity contribution is 9.10. The number of halogens is 1. The zero-order valence-corrected chi connectivity index (χ0v) is 16.3. The summed E-state index contributed by atoms with van der Waals surface area (Å²) in [4.78, 5) is 27.7. The molecule has 2 aliphatic rings. The van der Waals surface area contributed by atoms with Crippen molar-refractivity contribution in [2.45, 2.75) is 38.5 Å². The molecule has 0 aromatic heterocycles. The van der Waals surface area contributed by atoms with Crippen molar-refractivity contribution in [3.05, 3.63) is 75.4 Å². The molecule has 1 unspecified atom stereocenters. The van der Waals surface area contributed by atoms with Crippen molar-refractivity contribution < 1.29 is 9.59 Å². The highest BCUT2D eigenvalue weighted by atomic mass is 79.9. The lowest BCUT2D eigenvalue weighted by atomic mass is 9.77. The van der Waals surface area contributed by atoms with Gasteiger partial charge in [0.2, 0.25) is 5.91 Å². The lowest BCUT2D eigenvalue weighted by molar-refractivity contribution is -0.119. The number of Topliss-reactive ketones (excluding diaryl/α,β-unsaturated/α-hetero) is 1. The van der Waals surface area contributed by atoms with Crippen LogP contribution in [-0.2, 0) is 9.59 Å².